The third-order valence-corrected chi connectivity index (χ3v) is 6.97. The molecule has 186 valence electrons. The Hall–Kier alpha value is -2.87. The van der Waals surface area contributed by atoms with E-state index in [9.17, 15) is 18.0 Å². The van der Waals surface area contributed by atoms with Crippen molar-refractivity contribution in [2.45, 2.75) is 66.1 Å². The molecule has 0 bridgehead atoms. The van der Waals surface area contributed by atoms with Gasteiger partial charge in [0.2, 0.25) is 21.8 Å². The van der Waals surface area contributed by atoms with E-state index in [4.69, 9.17) is 0 Å². The number of aryl methyl sites for hydroxylation is 2. The number of nitrogens with one attached hydrogen (secondary N) is 1. The Kier molecular flexibility index (Phi) is 9.67. The Balaban J connectivity index is 2.43. The first kappa shape index (κ1) is 27.4. The predicted molar refractivity (Wildman–Crippen MR) is 137 cm³/mol. The van der Waals surface area contributed by atoms with Crippen LogP contribution in [0, 0.1) is 13.8 Å². The zero-order chi connectivity index (χ0) is 25.5. The average Bonchev–Trinajstić information content (AvgIpc) is 2.77. The molecule has 2 amide bonds. The summed E-state index contributed by atoms with van der Waals surface area (Å²) in [6, 6.07) is 14.0. The van der Waals surface area contributed by atoms with Gasteiger partial charge < -0.3 is 10.2 Å². The van der Waals surface area contributed by atoms with Crippen molar-refractivity contribution in [2.24, 2.45) is 0 Å². The maximum atomic E-state index is 13.6. The first-order chi connectivity index (χ1) is 16.0. The van der Waals surface area contributed by atoms with Crippen molar-refractivity contribution in [3.63, 3.8) is 0 Å². The standard InChI is InChI=1S/C26H37N3O4S/c1-7-21(5)27-26(31)24(8-2)28(17-22-14-12-19(3)13-15-22)25(30)18-29(34(6,32)33)23-11-9-10-20(4)16-23/h9-16,21,24H,7-8,17-18H2,1-6H3,(H,27,31)/t21-,24+/m1/s1. The van der Waals surface area contributed by atoms with Crippen LogP contribution in [0.25, 0.3) is 0 Å². The Morgan fingerprint density at radius 1 is 0.971 bits per heavy atom. The van der Waals surface area contributed by atoms with Crippen molar-refractivity contribution in [3.8, 4) is 0 Å². The van der Waals surface area contributed by atoms with Crippen molar-refractivity contribution in [1.82, 2.24) is 10.2 Å². The van der Waals surface area contributed by atoms with Crippen LogP contribution >= 0.6 is 0 Å². The van der Waals surface area contributed by atoms with Gasteiger partial charge in [0.15, 0.2) is 0 Å². The van der Waals surface area contributed by atoms with Crippen LogP contribution < -0.4 is 9.62 Å². The fourth-order valence-electron chi connectivity index (χ4n) is 3.65. The minimum absolute atomic E-state index is 0.0299. The number of benzene rings is 2. The van der Waals surface area contributed by atoms with Gasteiger partial charge in [0.1, 0.15) is 12.6 Å². The summed E-state index contributed by atoms with van der Waals surface area (Å²) in [5, 5.41) is 2.97. The highest BCUT2D eigenvalue weighted by Crippen LogP contribution is 2.21. The molecular formula is C26H37N3O4S. The number of rotatable bonds is 11. The molecule has 0 aliphatic heterocycles. The van der Waals surface area contributed by atoms with E-state index in [2.05, 4.69) is 5.32 Å². The van der Waals surface area contributed by atoms with Gasteiger partial charge in [-0.1, -0.05) is 55.8 Å². The van der Waals surface area contributed by atoms with Gasteiger partial charge >= 0.3 is 0 Å². The Morgan fingerprint density at radius 3 is 2.15 bits per heavy atom. The van der Waals surface area contributed by atoms with Crippen molar-refractivity contribution in [3.05, 3.63) is 65.2 Å². The topological polar surface area (TPSA) is 86.8 Å². The average molecular weight is 488 g/mol. The maximum Gasteiger partial charge on any atom is 0.244 e. The molecule has 0 aliphatic rings. The molecule has 0 saturated heterocycles. The summed E-state index contributed by atoms with van der Waals surface area (Å²) in [5.41, 5.74) is 3.26. The van der Waals surface area contributed by atoms with Crippen LogP contribution in [0.3, 0.4) is 0 Å². The summed E-state index contributed by atoms with van der Waals surface area (Å²) < 4.78 is 26.4. The second kappa shape index (κ2) is 12.0. The molecule has 34 heavy (non-hydrogen) atoms. The zero-order valence-corrected chi connectivity index (χ0v) is 21.9. The summed E-state index contributed by atoms with van der Waals surface area (Å²) in [6.45, 7) is 9.41. The van der Waals surface area contributed by atoms with Crippen LogP contribution in [-0.2, 0) is 26.2 Å². The van der Waals surface area contributed by atoms with Crippen LogP contribution in [0.15, 0.2) is 48.5 Å². The number of carbonyl (C=O) groups is 2. The molecule has 0 aromatic heterocycles. The first-order valence-corrected chi connectivity index (χ1v) is 13.5. The van der Waals surface area contributed by atoms with E-state index < -0.39 is 22.0 Å². The summed E-state index contributed by atoms with van der Waals surface area (Å²) in [5.74, 6) is -0.669. The molecule has 0 saturated carbocycles. The molecule has 1 N–H and O–H groups in total. The van der Waals surface area contributed by atoms with Gasteiger partial charge in [-0.25, -0.2) is 8.42 Å². The smallest absolute Gasteiger partial charge is 0.244 e. The second-order valence-corrected chi connectivity index (χ2v) is 10.8. The molecule has 0 fully saturated rings. The van der Waals surface area contributed by atoms with Gasteiger partial charge in [-0.05, 0) is 56.9 Å². The van der Waals surface area contributed by atoms with Crippen LogP contribution in [0.2, 0.25) is 0 Å². The maximum absolute atomic E-state index is 13.6. The summed E-state index contributed by atoms with van der Waals surface area (Å²) in [4.78, 5) is 28.2. The minimum atomic E-state index is -3.73. The molecule has 0 spiro atoms. The largest absolute Gasteiger partial charge is 0.352 e. The van der Waals surface area contributed by atoms with Crippen LogP contribution in [-0.4, -0.2) is 50.0 Å². The third kappa shape index (κ3) is 7.58. The van der Waals surface area contributed by atoms with E-state index in [1.165, 1.54) is 4.90 Å². The molecule has 2 rings (SSSR count). The van der Waals surface area contributed by atoms with E-state index in [-0.39, 0.29) is 25.0 Å². The SMILES string of the molecule is CC[C@@H](C)NC(=O)[C@H](CC)N(Cc1ccc(C)cc1)C(=O)CN(c1cccc(C)c1)S(C)(=O)=O. The van der Waals surface area contributed by atoms with E-state index >= 15 is 0 Å². The Bertz CT molecular complexity index is 1080. The minimum Gasteiger partial charge on any atom is -0.352 e. The van der Waals surface area contributed by atoms with Crippen LogP contribution in [0.1, 0.15) is 50.3 Å². The molecule has 2 aromatic rings. The van der Waals surface area contributed by atoms with Gasteiger partial charge in [-0.3, -0.25) is 13.9 Å². The highest BCUT2D eigenvalue weighted by atomic mass is 32.2. The molecule has 0 unspecified atom stereocenters. The molecular weight excluding hydrogens is 450 g/mol. The molecule has 2 atom stereocenters. The van der Waals surface area contributed by atoms with Gasteiger partial charge in [0.05, 0.1) is 11.9 Å². The lowest BCUT2D eigenvalue weighted by atomic mass is 10.1. The van der Waals surface area contributed by atoms with Crippen molar-refractivity contribution in [2.75, 3.05) is 17.1 Å². The fraction of sp³-hybridized carbons (Fsp3) is 0.462. The molecule has 2 aromatic carbocycles. The Morgan fingerprint density at radius 2 is 1.62 bits per heavy atom. The second-order valence-electron chi connectivity index (χ2n) is 8.86. The molecule has 0 radical (unpaired) electrons. The molecule has 8 heteroatoms. The summed E-state index contributed by atoms with van der Waals surface area (Å²) in [6.07, 6.45) is 2.26. The number of hydrogen-bond acceptors (Lipinski definition) is 4. The van der Waals surface area contributed by atoms with Gasteiger partial charge in [0.25, 0.3) is 0 Å². The summed E-state index contributed by atoms with van der Waals surface area (Å²) >= 11 is 0. The van der Waals surface area contributed by atoms with Crippen molar-refractivity contribution >= 4 is 27.5 Å². The molecule has 7 nitrogen and oxygen atoms in total. The predicted octanol–water partition coefficient (Wildman–Crippen LogP) is 3.79. The van der Waals surface area contributed by atoms with Crippen molar-refractivity contribution < 1.29 is 18.0 Å². The lowest BCUT2D eigenvalue weighted by Gasteiger charge is -2.33. The van der Waals surface area contributed by atoms with E-state index in [1.807, 2.05) is 65.0 Å². The third-order valence-electron chi connectivity index (χ3n) is 5.83. The van der Waals surface area contributed by atoms with Crippen LogP contribution in [0.5, 0.6) is 0 Å². The molecule has 0 aliphatic carbocycles. The highest BCUT2D eigenvalue weighted by Gasteiger charge is 2.32. The Labute approximate surface area is 204 Å². The number of sulfonamides is 1. The van der Waals surface area contributed by atoms with E-state index in [1.54, 1.807) is 18.2 Å². The number of nitrogens with zero attached hydrogens (tertiary/aromatic N) is 2. The quantitative estimate of drug-likeness (QED) is 0.522. The number of hydrogen-bond donors (Lipinski definition) is 1. The normalized spacial score (nSPS) is 13.1. The van der Waals surface area contributed by atoms with E-state index in [0.717, 1.165) is 33.7 Å². The summed E-state index contributed by atoms with van der Waals surface area (Å²) in [7, 11) is -3.73. The number of amides is 2. The van der Waals surface area contributed by atoms with Crippen molar-refractivity contribution in [1.29, 1.82) is 0 Å². The zero-order valence-electron chi connectivity index (χ0n) is 21.0. The van der Waals surface area contributed by atoms with E-state index in [0.29, 0.717) is 12.1 Å². The first-order valence-electron chi connectivity index (χ1n) is 11.7. The van der Waals surface area contributed by atoms with Gasteiger partial charge in [-0.2, -0.15) is 0 Å². The van der Waals surface area contributed by atoms with Crippen LogP contribution in [0.4, 0.5) is 5.69 Å². The molecule has 0 heterocycles. The van der Waals surface area contributed by atoms with Gasteiger partial charge in [0, 0.05) is 12.6 Å². The monoisotopic (exact) mass is 487 g/mol. The number of carbonyl (C=O) groups excluding carboxylic acids is 2. The lowest BCUT2D eigenvalue weighted by molar-refractivity contribution is -0.140. The fourth-order valence-corrected chi connectivity index (χ4v) is 4.49. The number of anilines is 1. The highest BCUT2D eigenvalue weighted by molar-refractivity contribution is 7.92. The van der Waals surface area contributed by atoms with Gasteiger partial charge in [-0.15, -0.1) is 0 Å². The lowest BCUT2D eigenvalue weighted by Crippen LogP contribution is -2.53.